The number of aliphatic carboxylic acids is 1. The average Bonchev–Trinajstić information content (AvgIpc) is 2.58. The minimum atomic E-state index is -1.16. The molecule has 458 valence electrons. The summed E-state index contributed by atoms with van der Waals surface area (Å²) in [7, 11) is 4.73. The maximum absolute atomic E-state index is 14.9. The zero-order valence-electron chi connectivity index (χ0n) is 51.1. The van der Waals surface area contributed by atoms with E-state index in [0.29, 0.717) is 51.7 Å². The quantitative estimate of drug-likeness (QED) is 0.0227. The monoisotopic (exact) mass is 1170 g/mol. The molecule has 8 rings (SSSR count). The van der Waals surface area contributed by atoms with Gasteiger partial charge in [-0.15, -0.1) is 0 Å². The number of piperidine rings is 1. The number of methoxy groups -OCH3 is 2. The van der Waals surface area contributed by atoms with Gasteiger partial charge in [-0.1, -0.05) is 169 Å². The summed E-state index contributed by atoms with van der Waals surface area (Å²) in [6, 6.07) is 36.0. The van der Waals surface area contributed by atoms with Gasteiger partial charge in [0, 0.05) is 59.8 Å². The molecule has 4 aromatic rings. The highest BCUT2D eigenvalue weighted by Crippen LogP contribution is 2.48. The largest absolute Gasteiger partial charge is 0.480 e. The lowest BCUT2D eigenvalue weighted by molar-refractivity contribution is -0.149. The number of likely N-dealkylation sites (tertiary alicyclic amines) is 2. The van der Waals surface area contributed by atoms with Crippen molar-refractivity contribution in [1.29, 1.82) is 0 Å². The second kappa shape index (κ2) is 29.4. The summed E-state index contributed by atoms with van der Waals surface area (Å²) in [4.78, 5) is 105. The van der Waals surface area contributed by atoms with E-state index in [4.69, 9.17) is 9.47 Å². The molecule has 3 aliphatic heterocycles. The lowest BCUT2D eigenvalue weighted by atomic mass is 9.76. The van der Waals surface area contributed by atoms with E-state index in [2.05, 4.69) is 57.2 Å². The van der Waals surface area contributed by atoms with Crippen molar-refractivity contribution in [1.82, 2.24) is 35.6 Å². The first-order chi connectivity index (χ1) is 41.0. The summed E-state index contributed by atoms with van der Waals surface area (Å²) in [6.45, 7) is 11.0. The van der Waals surface area contributed by atoms with Gasteiger partial charge in [0.05, 0.1) is 42.2 Å². The Hall–Kier alpha value is -6.95. The van der Waals surface area contributed by atoms with E-state index in [-0.39, 0.29) is 78.6 Å². The van der Waals surface area contributed by atoms with Gasteiger partial charge in [-0.05, 0) is 85.0 Å². The van der Waals surface area contributed by atoms with Gasteiger partial charge >= 0.3 is 5.97 Å². The molecule has 0 aromatic heterocycles. The summed E-state index contributed by atoms with van der Waals surface area (Å²) < 4.78 is 12.1. The van der Waals surface area contributed by atoms with Crippen LogP contribution >= 0.6 is 0 Å². The third kappa shape index (κ3) is 14.5. The minimum Gasteiger partial charge on any atom is -0.480 e. The van der Waals surface area contributed by atoms with Gasteiger partial charge in [0.1, 0.15) is 24.2 Å². The van der Waals surface area contributed by atoms with E-state index in [1.165, 1.54) is 14.2 Å². The zero-order valence-corrected chi connectivity index (χ0v) is 51.1. The summed E-state index contributed by atoms with van der Waals surface area (Å²) in [6.07, 6.45) is 5.18. The van der Waals surface area contributed by atoms with E-state index in [0.717, 1.165) is 47.9 Å². The van der Waals surface area contributed by atoms with Crippen LogP contribution in [0.3, 0.4) is 0 Å². The van der Waals surface area contributed by atoms with Crippen molar-refractivity contribution in [2.45, 2.75) is 172 Å². The van der Waals surface area contributed by atoms with Crippen LogP contribution in [0.1, 0.15) is 128 Å². The van der Waals surface area contributed by atoms with Crippen molar-refractivity contribution in [3.05, 3.63) is 144 Å². The number of carbonyl (C=O) groups excluding carboxylic acids is 6. The molecule has 3 heterocycles. The second-order valence-corrected chi connectivity index (χ2v) is 24.5. The number of fused-ring (bicyclic) bond motifs is 2. The normalized spacial score (nSPS) is 22.4. The molecule has 4 aliphatic rings. The van der Waals surface area contributed by atoms with Crippen LogP contribution in [0.25, 0.3) is 0 Å². The highest BCUT2D eigenvalue weighted by atomic mass is 16.5. The topological polar surface area (TPSA) is 207 Å². The highest BCUT2D eigenvalue weighted by molar-refractivity contribution is 5.93. The van der Waals surface area contributed by atoms with Crippen molar-refractivity contribution in [2.24, 2.45) is 23.7 Å². The van der Waals surface area contributed by atoms with Gasteiger partial charge in [0.15, 0.2) is 0 Å². The number of nitrogens with one attached hydrogen (secondary N) is 3. The molecule has 1 saturated carbocycles. The Morgan fingerprint density at radius 3 is 1.88 bits per heavy atom. The molecular weight excluding hydrogens is 1070 g/mol. The van der Waals surface area contributed by atoms with Crippen molar-refractivity contribution in [2.75, 3.05) is 40.9 Å². The maximum atomic E-state index is 14.9. The fourth-order valence-corrected chi connectivity index (χ4v) is 14.1. The van der Waals surface area contributed by atoms with Crippen LogP contribution in [0, 0.1) is 23.7 Å². The number of amides is 6. The lowest BCUT2D eigenvalue weighted by Crippen LogP contribution is -2.60. The Kier molecular flexibility index (Phi) is 22.2. The third-order valence-electron chi connectivity index (χ3n) is 18.8. The molecule has 6 amide bonds. The first-order valence-electron chi connectivity index (χ1n) is 31.0. The van der Waals surface area contributed by atoms with Crippen LogP contribution < -0.4 is 16.0 Å². The van der Waals surface area contributed by atoms with Gasteiger partial charge in [0.2, 0.25) is 35.4 Å². The molecule has 85 heavy (non-hydrogen) atoms. The Labute approximate surface area is 502 Å². The molecule has 1 unspecified atom stereocenters. The number of carboxylic acid groups (broad SMARTS) is 1. The second-order valence-electron chi connectivity index (χ2n) is 24.5. The number of unbranched alkanes of at least 4 members (excludes halogenated alkanes) is 2. The number of ether oxygens (including phenoxy) is 2. The molecule has 0 radical (unpaired) electrons. The first kappa shape index (κ1) is 64.1. The predicted molar refractivity (Wildman–Crippen MR) is 326 cm³/mol. The molecule has 1 aliphatic carbocycles. The number of hydrogen-bond acceptors (Lipinski definition) is 10. The van der Waals surface area contributed by atoms with Gasteiger partial charge in [-0.25, -0.2) is 4.79 Å². The van der Waals surface area contributed by atoms with E-state index in [1.807, 2.05) is 113 Å². The van der Waals surface area contributed by atoms with Crippen molar-refractivity contribution < 1.29 is 48.1 Å². The Balaban J connectivity index is 0.847. The number of rotatable bonds is 30. The van der Waals surface area contributed by atoms with Crippen LogP contribution in [-0.4, -0.2) is 162 Å². The molecule has 2 bridgehead atoms. The fraction of sp³-hybridized carbons (Fsp3) is 0.544. The first-order valence-corrected chi connectivity index (χ1v) is 31.0. The number of likely N-dealkylation sites (N-methyl/N-ethyl adjacent to an activating group) is 1. The minimum absolute atomic E-state index is 0.0151. The highest BCUT2D eigenvalue weighted by Gasteiger charge is 2.56. The predicted octanol–water partition coefficient (Wildman–Crippen LogP) is 7.59. The number of carbonyl (C=O) groups is 7. The van der Waals surface area contributed by atoms with Crippen molar-refractivity contribution >= 4 is 41.4 Å². The van der Waals surface area contributed by atoms with E-state index in [1.54, 1.807) is 28.7 Å². The molecular formula is C68H91N7O10. The van der Waals surface area contributed by atoms with Gasteiger partial charge in [0.25, 0.3) is 0 Å². The third-order valence-corrected chi connectivity index (χ3v) is 18.8. The van der Waals surface area contributed by atoms with Gasteiger partial charge in [-0.3, -0.25) is 33.7 Å². The molecule has 4 fully saturated rings. The summed E-state index contributed by atoms with van der Waals surface area (Å²) in [5.41, 5.74) is 3.38. The molecule has 4 aromatic carbocycles. The molecule has 4 N–H and O–H groups in total. The summed E-state index contributed by atoms with van der Waals surface area (Å²) in [5, 5.41) is 19.0. The smallest absolute Gasteiger partial charge is 0.326 e. The molecule has 0 spiro atoms. The van der Waals surface area contributed by atoms with Crippen LogP contribution in [0.2, 0.25) is 0 Å². The Morgan fingerprint density at radius 2 is 1.33 bits per heavy atom. The van der Waals surface area contributed by atoms with Crippen LogP contribution in [0.5, 0.6) is 0 Å². The van der Waals surface area contributed by atoms with E-state index < -0.39 is 65.8 Å². The molecule has 3 saturated heterocycles. The van der Waals surface area contributed by atoms with E-state index >= 15 is 0 Å². The maximum Gasteiger partial charge on any atom is 0.326 e. The fourth-order valence-electron chi connectivity index (χ4n) is 14.1. The van der Waals surface area contributed by atoms with Crippen molar-refractivity contribution in [3.8, 4) is 0 Å². The summed E-state index contributed by atoms with van der Waals surface area (Å²) >= 11 is 0. The Morgan fingerprint density at radius 1 is 0.729 bits per heavy atom. The standard InChI is InChI=1S/C68H91N7O10/c1-9-45(4)60(56(84-7)42-58(77)73-39-25-34-54(73)62(85-8)46(5)63(78)70-53(67(82)83)40-47-26-15-10-16-27-47)72(6)66(81)59(44(2)3)71-65(80)61-48-36-37-52(41-48)75(61)57(76)35-23-14-24-38-69-64(79)55-43-74(55)68(49-28-17-11-18-29-49,50-30-19-12-20-31-50)51-32-21-13-22-33-51/h10-13,15-22,26-33,44-46,48,52-56,59-62H,9,14,23-25,34-43H2,1-8H3,(H,69,79)(H,70,78)(H,71,80)(H,82,83)/t45-,46+,48-,52+,53-,54-,55-,56+,59-,60-,61-,62+,74?/m0/s1. The molecule has 13 atom stereocenters. The van der Waals surface area contributed by atoms with E-state index in [9.17, 15) is 38.7 Å². The number of carboxylic acids is 1. The molecule has 17 heteroatoms. The van der Waals surface area contributed by atoms with Crippen LogP contribution in [0.15, 0.2) is 121 Å². The number of nitrogens with zero attached hydrogens (tertiary/aromatic N) is 4. The molecule has 17 nitrogen and oxygen atoms in total. The van der Waals surface area contributed by atoms with Gasteiger partial charge < -0.3 is 45.2 Å². The van der Waals surface area contributed by atoms with Crippen LogP contribution in [-0.2, 0) is 55.0 Å². The van der Waals surface area contributed by atoms with Gasteiger partial charge in [-0.2, -0.15) is 0 Å². The number of hydrogen-bond donors (Lipinski definition) is 4. The average molecular weight is 1170 g/mol. The summed E-state index contributed by atoms with van der Waals surface area (Å²) in [5.74, 6) is -3.86. The number of benzene rings is 4. The SMILES string of the molecule is CC[C@H](C)[C@@H]([C@@H](CC(=O)N1CCC[C@H]1[C@H](OC)[C@@H](C)C(=O)N[C@@H](Cc1ccccc1)C(=O)O)OC)N(C)C(=O)[C@@H](NC(=O)[C@@H]1[C@H]2CC[C@H](C2)N1C(=O)CCCCCNC(=O)[C@@H]1CN1C(c1ccccc1)(c1ccccc1)c1ccccc1)C(C)C. The zero-order chi connectivity index (χ0) is 61.0. The van der Waals surface area contributed by atoms with Crippen LogP contribution in [0.4, 0.5) is 0 Å². The van der Waals surface area contributed by atoms with Crippen molar-refractivity contribution in [3.63, 3.8) is 0 Å². The lowest BCUT2D eigenvalue weighted by Gasteiger charge is -2.41. The Bertz CT molecular complexity index is 2780.